The molecule has 0 fully saturated rings. The summed E-state index contributed by atoms with van der Waals surface area (Å²) in [7, 11) is 1.20. The Morgan fingerprint density at radius 1 is 1.27 bits per heavy atom. The molecule has 2 aromatic rings. The molecule has 0 aliphatic rings. The molecule has 0 unspecified atom stereocenters. The van der Waals surface area contributed by atoms with Crippen molar-refractivity contribution in [3.8, 4) is 22.6 Å². The van der Waals surface area contributed by atoms with Crippen molar-refractivity contribution in [2.24, 2.45) is 5.73 Å². The summed E-state index contributed by atoms with van der Waals surface area (Å²) in [6, 6.07) is 5.92. The van der Waals surface area contributed by atoms with Gasteiger partial charge in [0.1, 0.15) is 27.6 Å². The molecule has 0 saturated carbocycles. The third kappa shape index (κ3) is 4.63. The second-order valence-electron chi connectivity index (χ2n) is 5.95. The van der Waals surface area contributed by atoms with Crippen LogP contribution in [0, 0.1) is 10.1 Å². The molecule has 0 heterocycles. The van der Waals surface area contributed by atoms with Crippen LogP contribution in [0.5, 0.6) is 11.5 Å². The lowest BCUT2D eigenvalue weighted by Gasteiger charge is -2.16. The molecule has 11 heteroatoms. The minimum absolute atomic E-state index is 0.0123. The number of aromatic hydroxyl groups is 1. The average Bonchev–Trinajstić information content (AvgIpc) is 2.70. The van der Waals surface area contributed by atoms with E-state index < -0.39 is 38.9 Å². The molecule has 0 bridgehead atoms. The second-order valence-corrected chi connectivity index (χ2v) is 6.36. The van der Waals surface area contributed by atoms with Gasteiger partial charge in [0.15, 0.2) is 0 Å². The van der Waals surface area contributed by atoms with Crippen molar-refractivity contribution in [2.45, 2.75) is 13.3 Å². The number of amides is 2. The van der Waals surface area contributed by atoms with Crippen LogP contribution in [-0.2, 0) is 4.74 Å². The van der Waals surface area contributed by atoms with Gasteiger partial charge in [0, 0.05) is 5.56 Å². The Morgan fingerprint density at radius 3 is 2.53 bits per heavy atom. The van der Waals surface area contributed by atoms with Gasteiger partial charge in [-0.05, 0) is 24.6 Å². The summed E-state index contributed by atoms with van der Waals surface area (Å²) in [5.74, 6) is -1.13. The largest absolute Gasteiger partial charge is 0.507 e. The van der Waals surface area contributed by atoms with E-state index in [1.807, 2.05) is 6.92 Å². The molecule has 0 aliphatic carbocycles. The lowest BCUT2D eigenvalue weighted by molar-refractivity contribution is -0.384. The van der Waals surface area contributed by atoms with Crippen molar-refractivity contribution in [3.63, 3.8) is 0 Å². The first-order valence-electron chi connectivity index (χ1n) is 8.68. The van der Waals surface area contributed by atoms with E-state index >= 15 is 0 Å². The number of nitrogens with zero attached hydrogens (tertiary/aromatic N) is 1. The van der Waals surface area contributed by atoms with Crippen LogP contribution in [0.2, 0.25) is 0 Å². The summed E-state index contributed by atoms with van der Waals surface area (Å²) in [6.07, 6.45) is 0.616. The number of rotatable bonds is 7. The first kappa shape index (κ1) is 22.6. The maximum Gasteiger partial charge on any atom is 0.341 e. The summed E-state index contributed by atoms with van der Waals surface area (Å²) in [5, 5.41) is 24.2. The van der Waals surface area contributed by atoms with Crippen LogP contribution in [0.25, 0.3) is 11.1 Å². The van der Waals surface area contributed by atoms with E-state index in [2.05, 4.69) is 5.32 Å². The summed E-state index contributed by atoms with van der Waals surface area (Å²) >= 11 is 5.01. The Labute approximate surface area is 176 Å². The number of methoxy groups -OCH3 is 1. The van der Waals surface area contributed by atoms with E-state index in [-0.39, 0.29) is 29.0 Å². The number of hydrogen-bond donors (Lipinski definition) is 3. The molecular weight excluding hydrogens is 414 g/mol. The summed E-state index contributed by atoms with van der Waals surface area (Å²) in [5.41, 5.74) is 4.36. The molecule has 2 aromatic carbocycles. The Hall–Kier alpha value is -3.73. The SMILES string of the molecule is CCCOc1c(C(=O)OC)cccc1-c1ccc(O)c(C(=S)NC(N)=O)c1[N+](=O)[O-]. The zero-order valence-corrected chi connectivity index (χ0v) is 16.9. The highest BCUT2D eigenvalue weighted by atomic mass is 32.1. The van der Waals surface area contributed by atoms with Crippen molar-refractivity contribution in [3.05, 3.63) is 51.6 Å². The molecule has 2 rings (SSSR count). The fourth-order valence-corrected chi connectivity index (χ4v) is 3.07. The van der Waals surface area contributed by atoms with Crippen molar-refractivity contribution in [1.82, 2.24) is 5.32 Å². The predicted molar refractivity (Wildman–Crippen MR) is 112 cm³/mol. The lowest BCUT2D eigenvalue weighted by Crippen LogP contribution is -2.34. The number of nitro benzene ring substituents is 1. The van der Waals surface area contributed by atoms with Gasteiger partial charge in [0.25, 0.3) is 5.69 Å². The Bertz CT molecular complexity index is 1020. The lowest BCUT2D eigenvalue weighted by atomic mass is 9.96. The van der Waals surface area contributed by atoms with Crippen LogP contribution >= 0.6 is 12.2 Å². The van der Waals surface area contributed by atoms with Crippen LogP contribution in [0.3, 0.4) is 0 Å². The Kier molecular flexibility index (Phi) is 7.26. The molecule has 0 radical (unpaired) electrons. The van der Waals surface area contributed by atoms with Gasteiger partial charge in [-0.2, -0.15) is 0 Å². The van der Waals surface area contributed by atoms with E-state index in [4.69, 9.17) is 27.4 Å². The summed E-state index contributed by atoms with van der Waals surface area (Å²) in [4.78, 5) is 34.1. The van der Waals surface area contributed by atoms with Gasteiger partial charge in [-0.15, -0.1) is 0 Å². The van der Waals surface area contributed by atoms with Gasteiger partial charge < -0.3 is 20.3 Å². The topological polar surface area (TPSA) is 154 Å². The van der Waals surface area contributed by atoms with E-state index in [9.17, 15) is 24.8 Å². The van der Waals surface area contributed by atoms with E-state index in [0.29, 0.717) is 6.42 Å². The van der Waals surface area contributed by atoms with Gasteiger partial charge in [0.2, 0.25) is 0 Å². The number of thiocarbonyl (C=S) groups is 1. The normalized spacial score (nSPS) is 10.2. The van der Waals surface area contributed by atoms with E-state index in [0.717, 1.165) is 0 Å². The number of hydrogen-bond acceptors (Lipinski definition) is 8. The van der Waals surface area contributed by atoms with Crippen LogP contribution in [0.4, 0.5) is 10.5 Å². The first-order chi connectivity index (χ1) is 14.2. The monoisotopic (exact) mass is 433 g/mol. The van der Waals surface area contributed by atoms with Crippen molar-refractivity contribution >= 4 is 34.9 Å². The standard InChI is InChI=1S/C19H19N3O7S/c1-3-9-29-16-11(5-4-6-12(16)18(24)28-2)10-7-8-13(23)14(15(10)22(26)27)17(30)21-19(20)25/h4-8,23H,3,9H2,1-2H3,(H3,20,21,25,30). The quantitative estimate of drug-likeness (QED) is 0.261. The number of urea groups is 1. The number of ether oxygens (including phenoxy) is 2. The van der Waals surface area contributed by atoms with Crippen molar-refractivity contribution in [2.75, 3.05) is 13.7 Å². The van der Waals surface area contributed by atoms with Crippen molar-refractivity contribution < 1.29 is 29.1 Å². The zero-order chi connectivity index (χ0) is 22.4. The first-order valence-corrected chi connectivity index (χ1v) is 9.09. The number of phenolic OH excluding ortho intramolecular Hbond substituents is 1. The number of phenols is 1. The number of carbonyl (C=O) groups excluding carboxylic acids is 2. The smallest absolute Gasteiger partial charge is 0.341 e. The highest BCUT2D eigenvalue weighted by Gasteiger charge is 2.30. The third-order valence-corrected chi connectivity index (χ3v) is 4.27. The second kappa shape index (κ2) is 9.65. The van der Waals surface area contributed by atoms with Crippen LogP contribution in [0.15, 0.2) is 30.3 Å². The summed E-state index contributed by atoms with van der Waals surface area (Å²) < 4.78 is 10.5. The van der Waals surface area contributed by atoms with Gasteiger partial charge in [-0.25, -0.2) is 9.59 Å². The minimum atomic E-state index is -1.04. The molecular formula is C19H19N3O7S. The number of primary amides is 1. The van der Waals surface area contributed by atoms with Gasteiger partial charge in [0.05, 0.1) is 24.2 Å². The molecule has 0 saturated heterocycles. The van der Waals surface area contributed by atoms with E-state index in [1.54, 1.807) is 0 Å². The number of esters is 1. The van der Waals surface area contributed by atoms with Gasteiger partial charge in [-0.3, -0.25) is 15.4 Å². The number of nitrogens with one attached hydrogen (secondary N) is 1. The number of para-hydroxylation sites is 1. The highest BCUT2D eigenvalue weighted by molar-refractivity contribution is 7.80. The van der Waals surface area contributed by atoms with Crippen molar-refractivity contribution in [1.29, 1.82) is 0 Å². The zero-order valence-electron chi connectivity index (χ0n) is 16.1. The fourth-order valence-electron chi connectivity index (χ4n) is 2.77. The molecule has 158 valence electrons. The highest BCUT2D eigenvalue weighted by Crippen LogP contribution is 2.43. The number of nitrogens with two attached hydrogens (primary N) is 1. The molecule has 0 spiro atoms. The number of benzene rings is 2. The molecule has 30 heavy (non-hydrogen) atoms. The van der Waals surface area contributed by atoms with Crippen LogP contribution < -0.4 is 15.8 Å². The predicted octanol–water partition coefficient (Wildman–Crippen LogP) is 2.89. The molecule has 2 amide bonds. The molecule has 0 aliphatic heterocycles. The molecule has 0 aromatic heterocycles. The third-order valence-electron chi connectivity index (χ3n) is 3.96. The van der Waals surface area contributed by atoms with Gasteiger partial charge >= 0.3 is 12.0 Å². The maximum atomic E-state index is 12.2. The van der Waals surface area contributed by atoms with Gasteiger partial charge in [-0.1, -0.05) is 31.3 Å². The average molecular weight is 433 g/mol. The number of nitro groups is 1. The van der Waals surface area contributed by atoms with Crippen LogP contribution in [-0.4, -0.2) is 40.7 Å². The summed E-state index contributed by atoms with van der Waals surface area (Å²) in [6.45, 7) is 2.09. The number of carbonyl (C=O) groups is 2. The fraction of sp³-hybridized carbons (Fsp3) is 0.211. The molecule has 0 atom stereocenters. The molecule has 10 nitrogen and oxygen atoms in total. The van der Waals surface area contributed by atoms with Crippen LogP contribution in [0.1, 0.15) is 29.3 Å². The Balaban J connectivity index is 2.84. The molecule has 4 N–H and O–H groups in total. The van der Waals surface area contributed by atoms with E-state index in [1.165, 1.54) is 37.4 Å². The minimum Gasteiger partial charge on any atom is -0.507 e. The maximum absolute atomic E-state index is 12.2. The Morgan fingerprint density at radius 2 is 1.97 bits per heavy atom.